The van der Waals surface area contributed by atoms with Crippen LogP contribution in [0.15, 0.2) is 24.3 Å². The number of amides is 1. The average molecular weight is 1370 g/mol. The van der Waals surface area contributed by atoms with E-state index >= 15 is 0 Å². The molecule has 2 heterocycles. The molecular weight excluding hydrogens is 1210 g/mol. The Kier molecular flexibility index (Phi) is 62.9. The fraction of sp³-hybridized carbons (Fsp3) is 0.939. The van der Waals surface area contributed by atoms with Gasteiger partial charge in [-0.1, -0.05) is 372 Å². The van der Waals surface area contributed by atoms with Crippen LogP contribution in [0.2, 0.25) is 0 Å². The average Bonchev–Trinajstić information content (AvgIpc) is 0.797. The van der Waals surface area contributed by atoms with Crippen molar-refractivity contribution in [3.63, 3.8) is 0 Å². The third-order valence-corrected chi connectivity index (χ3v) is 20.6. The molecule has 14 heteroatoms. The molecule has 14 nitrogen and oxygen atoms in total. The van der Waals surface area contributed by atoms with Gasteiger partial charge in [0.2, 0.25) is 5.91 Å². The number of aliphatic hydroxyl groups excluding tert-OH is 8. The van der Waals surface area contributed by atoms with Crippen molar-refractivity contribution in [3.8, 4) is 0 Å². The summed E-state index contributed by atoms with van der Waals surface area (Å²) >= 11 is 0. The molecule has 9 N–H and O–H groups in total. The third-order valence-electron chi connectivity index (χ3n) is 20.6. The van der Waals surface area contributed by atoms with Gasteiger partial charge in [-0.05, 0) is 44.9 Å². The Hall–Kier alpha value is -1.53. The smallest absolute Gasteiger partial charge is 0.220 e. The van der Waals surface area contributed by atoms with E-state index in [1.165, 1.54) is 334 Å². The summed E-state index contributed by atoms with van der Waals surface area (Å²) in [6, 6.07) is -0.914. The standard InChI is InChI=1S/C82H157NO13/c1-3-5-7-9-11-13-15-17-19-21-23-25-27-29-31-33-35-37-39-41-43-45-47-49-51-53-55-57-59-61-63-65-71(86)70(69-93-81-79(92)77(90)80(73(68-85)95-81)96-82-78(91)76(89)75(88)72(67-84)94-82)83-74(87)66-64-62-60-58-56-54-52-50-48-46-44-42-40-38-36-34-32-30-28-26-24-22-20-18-16-14-12-10-8-6-4-2/h22,24,63,65,70-73,75-82,84-86,88-92H,3-21,23,25-62,64,66-69H2,1-2H3,(H,83,87)/b24-22-,65-63+. The van der Waals surface area contributed by atoms with Crippen LogP contribution in [0.3, 0.4) is 0 Å². The topological polar surface area (TPSA) is 228 Å². The molecule has 96 heavy (non-hydrogen) atoms. The molecular formula is C82H157NO13. The van der Waals surface area contributed by atoms with Crippen molar-refractivity contribution in [2.75, 3.05) is 19.8 Å². The number of carbonyl (C=O) groups is 1. The predicted molar refractivity (Wildman–Crippen MR) is 397 cm³/mol. The fourth-order valence-electron chi connectivity index (χ4n) is 14.1. The summed E-state index contributed by atoms with van der Waals surface area (Å²) in [5.41, 5.74) is 0. The molecule has 0 bridgehead atoms. The summed E-state index contributed by atoms with van der Waals surface area (Å²) in [6.45, 7) is 2.87. The maximum atomic E-state index is 13.4. The molecule has 0 aromatic rings. The Morgan fingerprint density at radius 2 is 0.656 bits per heavy atom. The normalized spacial score (nSPS) is 22.3. The predicted octanol–water partition coefficient (Wildman–Crippen LogP) is 19.0. The summed E-state index contributed by atoms with van der Waals surface area (Å²) in [5.74, 6) is -0.230. The molecule has 1 amide bonds. The summed E-state index contributed by atoms with van der Waals surface area (Å²) in [7, 11) is 0. The zero-order chi connectivity index (χ0) is 69.4. The van der Waals surface area contributed by atoms with Gasteiger partial charge in [0.15, 0.2) is 12.6 Å². The molecule has 2 aliphatic rings. The van der Waals surface area contributed by atoms with E-state index in [0.29, 0.717) is 6.42 Å². The van der Waals surface area contributed by atoms with E-state index in [1.54, 1.807) is 6.08 Å². The van der Waals surface area contributed by atoms with Crippen molar-refractivity contribution in [2.24, 2.45) is 0 Å². The highest BCUT2D eigenvalue weighted by Gasteiger charge is 2.51. The first-order valence-corrected chi connectivity index (χ1v) is 41.6. The van der Waals surface area contributed by atoms with E-state index in [1.807, 2.05) is 6.08 Å². The lowest BCUT2D eigenvalue weighted by atomic mass is 9.97. The molecule has 12 atom stereocenters. The van der Waals surface area contributed by atoms with Crippen LogP contribution >= 0.6 is 0 Å². The van der Waals surface area contributed by atoms with Crippen LogP contribution in [-0.2, 0) is 23.7 Å². The van der Waals surface area contributed by atoms with Crippen molar-refractivity contribution in [3.05, 3.63) is 24.3 Å². The van der Waals surface area contributed by atoms with Crippen LogP contribution in [-0.4, -0.2) is 140 Å². The lowest BCUT2D eigenvalue weighted by molar-refractivity contribution is -0.359. The molecule has 2 aliphatic heterocycles. The molecule has 12 unspecified atom stereocenters. The number of allylic oxidation sites excluding steroid dienone is 3. The molecule has 2 saturated heterocycles. The maximum absolute atomic E-state index is 13.4. The number of nitrogens with one attached hydrogen (secondary N) is 1. The SMILES string of the molecule is CCCCCCCCCC/C=C\CCCCCCCCCCCCCCCCCCCCCC(=O)NC(COC1OC(CO)C(OC2OC(CO)C(O)C(O)C2O)C(O)C1O)C(O)/C=C/CCCCCCCCCCCCCCCCCCCCCCCCCCCCCCC. The number of unbranched alkanes of at least 4 members (excludes halogenated alkanes) is 56. The summed E-state index contributed by atoms with van der Waals surface area (Å²) in [5, 5.41) is 87.7. The minimum atomic E-state index is -1.79. The Morgan fingerprint density at radius 3 is 0.990 bits per heavy atom. The molecule has 0 aromatic carbocycles. The van der Waals surface area contributed by atoms with Crippen molar-refractivity contribution in [1.29, 1.82) is 0 Å². The van der Waals surface area contributed by atoms with Gasteiger partial charge in [0.1, 0.15) is 48.8 Å². The monoisotopic (exact) mass is 1360 g/mol. The van der Waals surface area contributed by atoms with Gasteiger partial charge < -0.3 is 65.1 Å². The quantitative estimate of drug-likeness (QED) is 0.0204. The van der Waals surface area contributed by atoms with Crippen molar-refractivity contribution in [2.45, 2.75) is 473 Å². The number of ether oxygens (including phenoxy) is 4. The summed E-state index contributed by atoms with van der Waals surface area (Å²) in [4.78, 5) is 13.4. The van der Waals surface area contributed by atoms with Crippen molar-refractivity contribution < 1.29 is 64.6 Å². The Morgan fingerprint density at radius 1 is 0.365 bits per heavy atom. The molecule has 0 spiro atoms. The lowest BCUT2D eigenvalue weighted by Crippen LogP contribution is -2.65. The second-order valence-corrected chi connectivity index (χ2v) is 29.6. The highest BCUT2D eigenvalue weighted by atomic mass is 16.7. The van der Waals surface area contributed by atoms with Crippen LogP contribution in [0.5, 0.6) is 0 Å². The molecule has 2 fully saturated rings. The van der Waals surface area contributed by atoms with Gasteiger partial charge in [0, 0.05) is 6.42 Å². The maximum Gasteiger partial charge on any atom is 0.220 e. The number of rotatable bonds is 71. The van der Waals surface area contributed by atoms with Crippen LogP contribution in [0.1, 0.15) is 399 Å². The van der Waals surface area contributed by atoms with Crippen LogP contribution in [0.4, 0.5) is 0 Å². The van der Waals surface area contributed by atoms with Gasteiger partial charge in [0.05, 0.1) is 32.0 Å². The lowest BCUT2D eigenvalue weighted by Gasteiger charge is -2.46. The van der Waals surface area contributed by atoms with Crippen LogP contribution in [0.25, 0.3) is 0 Å². The highest BCUT2D eigenvalue weighted by Crippen LogP contribution is 2.30. The number of carbonyl (C=O) groups excluding carboxylic acids is 1. The highest BCUT2D eigenvalue weighted by molar-refractivity contribution is 5.76. The van der Waals surface area contributed by atoms with E-state index in [2.05, 4.69) is 31.3 Å². The first-order valence-electron chi connectivity index (χ1n) is 41.6. The second kappa shape index (κ2) is 66.7. The largest absolute Gasteiger partial charge is 0.394 e. The fourth-order valence-corrected chi connectivity index (χ4v) is 14.1. The van der Waals surface area contributed by atoms with Crippen LogP contribution < -0.4 is 5.32 Å². The van der Waals surface area contributed by atoms with E-state index in [9.17, 15) is 45.6 Å². The number of hydrogen-bond donors (Lipinski definition) is 9. The molecule has 0 radical (unpaired) electrons. The van der Waals surface area contributed by atoms with Gasteiger partial charge in [-0.15, -0.1) is 0 Å². The Balaban J connectivity index is 1.60. The van der Waals surface area contributed by atoms with Crippen molar-refractivity contribution in [1.82, 2.24) is 5.32 Å². The summed E-state index contributed by atoms with van der Waals surface area (Å²) in [6.07, 6.45) is 69.9. The van der Waals surface area contributed by atoms with Gasteiger partial charge in [-0.2, -0.15) is 0 Å². The first-order chi connectivity index (χ1) is 47.1. The minimum absolute atomic E-state index is 0.230. The molecule has 568 valence electrons. The van der Waals surface area contributed by atoms with Gasteiger partial charge in [0.25, 0.3) is 0 Å². The Bertz CT molecular complexity index is 1700. The zero-order valence-corrected chi connectivity index (χ0v) is 62.4. The Labute approximate surface area is 589 Å². The minimum Gasteiger partial charge on any atom is -0.394 e. The molecule has 2 rings (SSSR count). The third kappa shape index (κ3) is 49.1. The van der Waals surface area contributed by atoms with E-state index < -0.39 is 86.8 Å². The first kappa shape index (κ1) is 90.6. The molecule has 0 aromatic heterocycles. The van der Waals surface area contributed by atoms with Gasteiger partial charge in [-0.3, -0.25) is 4.79 Å². The van der Waals surface area contributed by atoms with E-state index in [0.717, 1.165) is 38.5 Å². The summed E-state index contributed by atoms with van der Waals surface area (Å²) < 4.78 is 22.9. The molecule has 0 saturated carbocycles. The van der Waals surface area contributed by atoms with Gasteiger partial charge in [-0.25, -0.2) is 0 Å². The molecule has 0 aliphatic carbocycles. The second-order valence-electron chi connectivity index (χ2n) is 29.6. The zero-order valence-electron chi connectivity index (χ0n) is 62.4. The van der Waals surface area contributed by atoms with Crippen molar-refractivity contribution >= 4 is 5.91 Å². The number of hydrogen-bond acceptors (Lipinski definition) is 13. The van der Waals surface area contributed by atoms with E-state index in [-0.39, 0.29) is 18.9 Å². The number of aliphatic hydroxyl groups is 8. The van der Waals surface area contributed by atoms with Gasteiger partial charge >= 0.3 is 0 Å². The van der Waals surface area contributed by atoms with E-state index in [4.69, 9.17) is 18.9 Å². The van der Waals surface area contributed by atoms with Crippen LogP contribution in [0, 0.1) is 0 Å².